The molecule has 0 saturated carbocycles. The quantitative estimate of drug-likeness (QED) is 0.744. The molecule has 0 saturated heterocycles. The molecule has 7 nitrogen and oxygen atoms in total. The van der Waals surface area contributed by atoms with Crippen molar-refractivity contribution in [2.75, 3.05) is 4.72 Å². The Hall–Kier alpha value is -2.35. The number of sulfonamides is 1. The molecule has 2 rings (SSSR count). The monoisotopic (exact) mass is 281 g/mol. The summed E-state index contributed by atoms with van der Waals surface area (Å²) in [6.45, 7) is 1.81. The standard InChI is InChI=1S/C11H11N3O4S/c1-7-3-2-4-8(5-7)14-19(17,18)9-6-12-11(16)13-10(9)15/h2-6,14H,1H3,(H2,12,13,15,16). The summed E-state index contributed by atoms with van der Waals surface area (Å²) in [5.74, 6) is 0. The van der Waals surface area contributed by atoms with E-state index in [-0.39, 0.29) is 0 Å². The number of aromatic amines is 2. The molecule has 0 spiro atoms. The smallest absolute Gasteiger partial charge is 0.313 e. The molecule has 0 bridgehead atoms. The van der Waals surface area contributed by atoms with Gasteiger partial charge in [-0.25, -0.2) is 13.2 Å². The molecule has 0 fully saturated rings. The highest BCUT2D eigenvalue weighted by Crippen LogP contribution is 2.13. The van der Waals surface area contributed by atoms with Crippen molar-refractivity contribution in [1.82, 2.24) is 9.97 Å². The first-order valence-electron chi connectivity index (χ1n) is 5.30. The van der Waals surface area contributed by atoms with E-state index in [1.165, 1.54) is 0 Å². The first-order valence-corrected chi connectivity index (χ1v) is 6.78. The highest BCUT2D eigenvalue weighted by molar-refractivity contribution is 7.92. The zero-order valence-electron chi connectivity index (χ0n) is 9.93. The highest BCUT2D eigenvalue weighted by atomic mass is 32.2. The van der Waals surface area contributed by atoms with Crippen LogP contribution in [0.15, 0.2) is 44.9 Å². The largest absolute Gasteiger partial charge is 0.325 e. The van der Waals surface area contributed by atoms with Gasteiger partial charge < -0.3 is 4.98 Å². The van der Waals surface area contributed by atoms with Gasteiger partial charge in [0.05, 0.1) is 0 Å². The molecule has 0 aliphatic rings. The van der Waals surface area contributed by atoms with E-state index in [0.717, 1.165) is 11.8 Å². The van der Waals surface area contributed by atoms with E-state index in [4.69, 9.17) is 0 Å². The molecule has 0 aliphatic carbocycles. The maximum atomic E-state index is 12.0. The molecule has 19 heavy (non-hydrogen) atoms. The third-order valence-corrected chi connectivity index (χ3v) is 3.73. The predicted octanol–water partition coefficient (Wildman–Crippen LogP) is 0.172. The molecule has 1 aromatic carbocycles. The highest BCUT2D eigenvalue weighted by Gasteiger charge is 2.18. The van der Waals surface area contributed by atoms with Crippen molar-refractivity contribution in [2.45, 2.75) is 11.8 Å². The van der Waals surface area contributed by atoms with Crippen molar-refractivity contribution >= 4 is 15.7 Å². The van der Waals surface area contributed by atoms with Crippen LogP contribution >= 0.6 is 0 Å². The second kappa shape index (κ2) is 4.73. The molecule has 0 unspecified atom stereocenters. The van der Waals surface area contributed by atoms with Gasteiger partial charge in [0.2, 0.25) is 0 Å². The molecule has 3 N–H and O–H groups in total. The Morgan fingerprint density at radius 3 is 2.58 bits per heavy atom. The predicted molar refractivity (Wildman–Crippen MR) is 69.7 cm³/mol. The number of benzene rings is 1. The van der Waals surface area contributed by atoms with Gasteiger partial charge in [-0.1, -0.05) is 12.1 Å². The molecular weight excluding hydrogens is 270 g/mol. The zero-order valence-corrected chi connectivity index (χ0v) is 10.7. The van der Waals surface area contributed by atoms with E-state index in [0.29, 0.717) is 5.69 Å². The van der Waals surface area contributed by atoms with Crippen LogP contribution in [0.2, 0.25) is 0 Å². The van der Waals surface area contributed by atoms with E-state index >= 15 is 0 Å². The minimum atomic E-state index is -4.04. The molecule has 1 heterocycles. The van der Waals surface area contributed by atoms with Gasteiger partial charge in [0, 0.05) is 11.9 Å². The lowest BCUT2D eigenvalue weighted by molar-refractivity contribution is 0.599. The molecule has 1 aromatic heterocycles. The summed E-state index contributed by atoms with van der Waals surface area (Å²) in [7, 11) is -4.04. The van der Waals surface area contributed by atoms with Gasteiger partial charge in [-0.2, -0.15) is 0 Å². The minimum absolute atomic E-state index is 0.339. The van der Waals surface area contributed by atoms with Crippen LogP contribution in [0.1, 0.15) is 5.56 Å². The summed E-state index contributed by atoms with van der Waals surface area (Å²) >= 11 is 0. The maximum absolute atomic E-state index is 12.0. The van der Waals surface area contributed by atoms with Crippen LogP contribution < -0.4 is 16.0 Å². The fourth-order valence-electron chi connectivity index (χ4n) is 1.52. The molecule has 0 radical (unpaired) electrons. The van der Waals surface area contributed by atoms with Crippen LogP contribution in [0.3, 0.4) is 0 Å². The van der Waals surface area contributed by atoms with Gasteiger partial charge in [-0.3, -0.25) is 14.5 Å². The van der Waals surface area contributed by atoms with Crippen molar-refractivity contribution < 1.29 is 8.42 Å². The Labute approximate surface area is 108 Å². The SMILES string of the molecule is Cc1cccc(NS(=O)(=O)c2c[nH]c(=O)[nH]c2=O)c1. The van der Waals surface area contributed by atoms with E-state index in [2.05, 4.69) is 9.71 Å². The summed E-state index contributed by atoms with van der Waals surface area (Å²) in [5, 5.41) is 0. The van der Waals surface area contributed by atoms with Crippen LogP contribution in [0.5, 0.6) is 0 Å². The van der Waals surface area contributed by atoms with Crippen LogP contribution in [-0.4, -0.2) is 18.4 Å². The van der Waals surface area contributed by atoms with Gasteiger partial charge in [-0.05, 0) is 24.6 Å². The Bertz CT molecular complexity index is 820. The molecular formula is C11H11N3O4S. The third-order valence-electron chi connectivity index (χ3n) is 2.35. The number of nitrogens with one attached hydrogen (secondary N) is 3. The lowest BCUT2D eigenvalue weighted by atomic mass is 10.2. The summed E-state index contributed by atoms with van der Waals surface area (Å²) in [4.78, 5) is 25.7. The number of anilines is 1. The first kappa shape index (κ1) is 13.1. The lowest BCUT2D eigenvalue weighted by Gasteiger charge is -2.07. The Morgan fingerprint density at radius 1 is 1.21 bits per heavy atom. The minimum Gasteiger partial charge on any atom is -0.313 e. The Balaban J connectivity index is 2.43. The number of rotatable bonds is 3. The van der Waals surface area contributed by atoms with Crippen molar-refractivity contribution in [1.29, 1.82) is 0 Å². The summed E-state index contributed by atoms with van der Waals surface area (Å²) in [6, 6.07) is 6.68. The number of aromatic nitrogens is 2. The summed E-state index contributed by atoms with van der Waals surface area (Å²) in [6.07, 6.45) is 0.860. The topological polar surface area (TPSA) is 112 Å². The molecule has 0 amide bonds. The summed E-state index contributed by atoms with van der Waals surface area (Å²) < 4.78 is 26.2. The fourth-order valence-corrected chi connectivity index (χ4v) is 2.57. The number of H-pyrrole nitrogens is 2. The number of hydrogen-bond donors (Lipinski definition) is 3. The molecule has 2 aromatic rings. The molecule has 0 aliphatic heterocycles. The van der Waals surface area contributed by atoms with Gasteiger partial charge in [0.25, 0.3) is 15.6 Å². The van der Waals surface area contributed by atoms with Crippen molar-refractivity contribution in [3.63, 3.8) is 0 Å². The van der Waals surface area contributed by atoms with E-state index in [1.807, 2.05) is 18.0 Å². The second-order valence-corrected chi connectivity index (χ2v) is 5.56. The van der Waals surface area contributed by atoms with Crippen molar-refractivity contribution in [2.24, 2.45) is 0 Å². The number of aryl methyl sites for hydroxylation is 1. The first-order chi connectivity index (χ1) is 8.88. The average Bonchev–Trinajstić information content (AvgIpc) is 2.27. The van der Waals surface area contributed by atoms with Crippen molar-refractivity contribution in [3.8, 4) is 0 Å². The van der Waals surface area contributed by atoms with Gasteiger partial charge >= 0.3 is 5.69 Å². The Morgan fingerprint density at radius 2 is 1.95 bits per heavy atom. The Kier molecular flexibility index (Phi) is 3.26. The van der Waals surface area contributed by atoms with Crippen LogP contribution in [0, 0.1) is 6.92 Å². The average molecular weight is 281 g/mol. The van der Waals surface area contributed by atoms with Crippen LogP contribution in [0.4, 0.5) is 5.69 Å². The molecule has 100 valence electrons. The van der Waals surface area contributed by atoms with Crippen molar-refractivity contribution in [3.05, 3.63) is 56.9 Å². The summed E-state index contributed by atoms with van der Waals surface area (Å²) in [5.41, 5.74) is -0.524. The lowest BCUT2D eigenvalue weighted by Crippen LogP contribution is -2.29. The maximum Gasteiger partial charge on any atom is 0.325 e. The van der Waals surface area contributed by atoms with Gasteiger partial charge in [0.15, 0.2) is 4.90 Å². The van der Waals surface area contributed by atoms with Crippen LogP contribution in [-0.2, 0) is 10.0 Å². The third kappa shape index (κ3) is 2.91. The van der Waals surface area contributed by atoms with E-state index in [9.17, 15) is 18.0 Å². The molecule has 0 atom stereocenters. The zero-order chi connectivity index (χ0) is 14.0. The van der Waals surface area contributed by atoms with Crippen LogP contribution in [0.25, 0.3) is 0 Å². The van der Waals surface area contributed by atoms with E-state index in [1.54, 1.807) is 18.2 Å². The second-order valence-electron chi connectivity index (χ2n) is 3.91. The van der Waals surface area contributed by atoms with Gasteiger partial charge in [0.1, 0.15) is 0 Å². The normalized spacial score (nSPS) is 11.2. The molecule has 8 heteroatoms. The van der Waals surface area contributed by atoms with E-state index < -0.39 is 26.2 Å². The fraction of sp³-hybridized carbons (Fsp3) is 0.0909. The number of hydrogen-bond acceptors (Lipinski definition) is 4. The van der Waals surface area contributed by atoms with Gasteiger partial charge in [-0.15, -0.1) is 0 Å².